The second kappa shape index (κ2) is 12.3. The van der Waals surface area contributed by atoms with E-state index in [9.17, 15) is 14.4 Å². The fourth-order valence-electron chi connectivity index (χ4n) is 3.51. The second-order valence-electron chi connectivity index (χ2n) is 8.27. The summed E-state index contributed by atoms with van der Waals surface area (Å²) in [6.07, 6.45) is 6.35. The van der Waals surface area contributed by atoms with E-state index in [0.29, 0.717) is 28.1 Å². The molecule has 0 saturated carbocycles. The average Bonchev–Trinajstić information content (AvgIpc) is 2.99. The summed E-state index contributed by atoms with van der Waals surface area (Å²) in [4.78, 5) is 52.8. The van der Waals surface area contributed by atoms with Gasteiger partial charge in [-0.3, -0.25) is 33.5 Å². The van der Waals surface area contributed by atoms with Crippen molar-refractivity contribution in [3.63, 3.8) is 0 Å². The van der Waals surface area contributed by atoms with Crippen molar-refractivity contribution in [1.29, 1.82) is 0 Å². The van der Waals surface area contributed by atoms with E-state index < -0.39 is 11.5 Å². The molecular formula is C27H22Cl2N8O3. The fourth-order valence-corrected chi connectivity index (χ4v) is 3.83. The number of hydrogen-bond donors (Lipinski definition) is 2. The van der Waals surface area contributed by atoms with Crippen LogP contribution in [0.25, 0.3) is 22.5 Å². The van der Waals surface area contributed by atoms with Gasteiger partial charge in [0.15, 0.2) is 0 Å². The van der Waals surface area contributed by atoms with Gasteiger partial charge in [0, 0.05) is 55.6 Å². The van der Waals surface area contributed by atoms with E-state index in [-0.39, 0.29) is 27.5 Å². The molecule has 13 heteroatoms. The standard InChI is InChI=1S/C17H13ClN4O2.C10H9ClN4O/c1-22-16(24)14(20-15(23)12-5-3-2-4-6-12)13(21-17(22)18)11-7-9-19-10-8-11;1-15-9(16)7(12)8(14-10(15)11)6-2-4-13-5-3-6/h2-10H,1H3,(H,20,23);2-5H,12H2,1H3. The zero-order valence-electron chi connectivity index (χ0n) is 21.2. The van der Waals surface area contributed by atoms with Gasteiger partial charge in [0.1, 0.15) is 22.8 Å². The molecule has 3 N–H and O–H groups in total. The fraction of sp³-hybridized carbons (Fsp3) is 0.0741. The van der Waals surface area contributed by atoms with Crippen molar-refractivity contribution >= 4 is 40.5 Å². The molecular weight excluding hydrogens is 555 g/mol. The monoisotopic (exact) mass is 576 g/mol. The van der Waals surface area contributed by atoms with Gasteiger partial charge in [0.25, 0.3) is 17.0 Å². The molecule has 0 aliphatic heterocycles. The first-order valence-corrected chi connectivity index (χ1v) is 12.4. The Hall–Kier alpha value is -4.87. The van der Waals surface area contributed by atoms with Gasteiger partial charge in [0.2, 0.25) is 10.6 Å². The third-order valence-electron chi connectivity index (χ3n) is 5.69. The van der Waals surface area contributed by atoms with Gasteiger partial charge in [-0.05, 0) is 59.6 Å². The average molecular weight is 577 g/mol. The number of anilines is 2. The summed E-state index contributed by atoms with van der Waals surface area (Å²) in [7, 11) is 3.01. The predicted octanol–water partition coefficient (Wildman–Crippen LogP) is 3.83. The Morgan fingerprint density at radius 3 is 1.77 bits per heavy atom. The highest BCUT2D eigenvalue weighted by Gasteiger charge is 2.18. The summed E-state index contributed by atoms with van der Waals surface area (Å²) in [5, 5.41) is 2.78. The zero-order valence-corrected chi connectivity index (χ0v) is 22.8. The Balaban J connectivity index is 0.000000201. The number of halogens is 2. The molecule has 5 rings (SSSR count). The summed E-state index contributed by atoms with van der Waals surface area (Å²) >= 11 is 11.8. The molecule has 0 atom stereocenters. The summed E-state index contributed by atoms with van der Waals surface area (Å²) in [5.41, 5.74) is 7.54. The lowest BCUT2D eigenvalue weighted by Crippen LogP contribution is -2.26. The van der Waals surface area contributed by atoms with Crippen LogP contribution in [-0.2, 0) is 14.1 Å². The minimum atomic E-state index is -0.439. The molecule has 0 spiro atoms. The van der Waals surface area contributed by atoms with E-state index in [1.54, 1.807) is 73.3 Å². The van der Waals surface area contributed by atoms with Gasteiger partial charge in [-0.25, -0.2) is 9.97 Å². The molecule has 4 heterocycles. The first kappa shape index (κ1) is 28.1. The number of nitrogens with one attached hydrogen (secondary N) is 1. The second-order valence-corrected chi connectivity index (χ2v) is 8.94. The number of nitrogen functional groups attached to an aromatic ring is 1. The van der Waals surface area contributed by atoms with Crippen LogP contribution in [0, 0.1) is 0 Å². The maximum Gasteiger partial charge on any atom is 0.278 e. The van der Waals surface area contributed by atoms with Crippen LogP contribution in [-0.4, -0.2) is 35.0 Å². The Morgan fingerprint density at radius 1 is 0.750 bits per heavy atom. The first-order chi connectivity index (χ1) is 19.2. The molecule has 40 heavy (non-hydrogen) atoms. The van der Waals surface area contributed by atoms with Crippen molar-refractivity contribution in [2.24, 2.45) is 14.1 Å². The van der Waals surface area contributed by atoms with Crippen LogP contribution in [0.1, 0.15) is 10.4 Å². The highest BCUT2D eigenvalue weighted by Crippen LogP contribution is 2.25. The number of rotatable bonds is 4. The minimum Gasteiger partial charge on any atom is -0.392 e. The molecule has 0 saturated heterocycles. The van der Waals surface area contributed by atoms with E-state index in [0.717, 1.165) is 0 Å². The number of aromatic nitrogens is 6. The number of hydrogen-bond acceptors (Lipinski definition) is 8. The van der Waals surface area contributed by atoms with Crippen molar-refractivity contribution in [2.75, 3.05) is 11.1 Å². The van der Waals surface area contributed by atoms with Gasteiger partial charge in [-0.2, -0.15) is 0 Å². The van der Waals surface area contributed by atoms with Gasteiger partial charge in [0.05, 0.1) is 0 Å². The van der Waals surface area contributed by atoms with E-state index in [2.05, 4.69) is 25.3 Å². The molecule has 4 aromatic heterocycles. The molecule has 0 bridgehead atoms. The van der Waals surface area contributed by atoms with Crippen LogP contribution in [0.15, 0.2) is 89.0 Å². The number of benzene rings is 1. The van der Waals surface area contributed by atoms with Crippen molar-refractivity contribution in [2.45, 2.75) is 0 Å². The van der Waals surface area contributed by atoms with Crippen molar-refractivity contribution < 1.29 is 4.79 Å². The molecule has 1 amide bonds. The lowest BCUT2D eigenvalue weighted by Gasteiger charge is -2.12. The Bertz CT molecular complexity index is 1780. The quantitative estimate of drug-likeness (QED) is 0.306. The number of pyridine rings is 2. The van der Waals surface area contributed by atoms with Crippen LogP contribution >= 0.6 is 23.2 Å². The number of carbonyl (C=O) groups excluding carboxylic acids is 1. The molecule has 0 radical (unpaired) electrons. The molecule has 0 aliphatic rings. The molecule has 0 aliphatic carbocycles. The molecule has 11 nitrogen and oxygen atoms in total. The highest BCUT2D eigenvalue weighted by atomic mass is 35.5. The molecule has 202 valence electrons. The first-order valence-electron chi connectivity index (χ1n) is 11.6. The third-order valence-corrected chi connectivity index (χ3v) is 6.37. The van der Waals surface area contributed by atoms with Crippen LogP contribution in [0.3, 0.4) is 0 Å². The Labute approximate surface area is 237 Å². The molecule has 1 aromatic carbocycles. The van der Waals surface area contributed by atoms with Crippen molar-refractivity contribution in [3.8, 4) is 22.5 Å². The maximum atomic E-state index is 12.6. The van der Waals surface area contributed by atoms with Gasteiger partial charge in [-0.1, -0.05) is 18.2 Å². The van der Waals surface area contributed by atoms with Crippen LogP contribution in [0.4, 0.5) is 11.4 Å². The maximum absolute atomic E-state index is 12.6. The summed E-state index contributed by atoms with van der Waals surface area (Å²) in [5.74, 6) is -0.396. The van der Waals surface area contributed by atoms with Crippen molar-refractivity contribution in [1.82, 2.24) is 29.1 Å². The van der Waals surface area contributed by atoms with Gasteiger partial charge < -0.3 is 11.1 Å². The predicted molar refractivity (Wildman–Crippen MR) is 154 cm³/mol. The smallest absolute Gasteiger partial charge is 0.278 e. The summed E-state index contributed by atoms with van der Waals surface area (Å²) < 4.78 is 2.37. The Kier molecular flexibility index (Phi) is 8.67. The van der Waals surface area contributed by atoms with E-state index >= 15 is 0 Å². The van der Waals surface area contributed by atoms with Gasteiger partial charge >= 0.3 is 0 Å². The van der Waals surface area contributed by atoms with E-state index in [1.807, 2.05) is 6.07 Å². The van der Waals surface area contributed by atoms with E-state index in [1.165, 1.54) is 23.2 Å². The number of nitrogens with two attached hydrogens (primary N) is 1. The number of carbonyl (C=O) groups is 1. The normalized spacial score (nSPS) is 10.4. The molecule has 0 unspecified atom stereocenters. The lowest BCUT2D eigenvalue weighted by atomic mass is 10.1. The SMILES string of the molecule is Cn1c(Cl)nc(-c2ccncc2)c(N)c1=O.Cn1c(Cl)nc(-c2ccncc2)c(NC(=O)c2ccccc2)c1=O. The number of nitrogens with zero attached hydrogens (tertiary/aromatic N) is 6. The molecule has 0 fully saturated rings. The number of amides is 1. The van der Waals surface area contributed by atoms with Crippen LogP contribution in [0.5, 0.6) is 0 Å². The molecule has 5 aromatic rings. The van der Waals surface area contributed by atoms with E-state index in [4.69, 9.17) is 28.9 Å². The Morgan fingerprint density at radius 2 is 1.23 bits per heavy atom. The van der Waals surface area contributed by atoms with Gasteiger partial charge in [-0.15, -0.1) is 0 Å². The van der Waals surface area contributed by atoms with Crippen molar-refractivity contribution in [3.05, 3.63) is 116 Å². The highest BCUT2D eigenvalue weighted by molar-refractivity contribution is 6.29. The lowest BCUT2D eigenvalue weighted by molar-refractivity contribution is 0.102. The van der Waals surface area contributed by atoms with Crippen LogP contribution in [0.2, 0.25) is 10.6 Å². The van der Waals surface area contributed by atoms with Crippen LogP contribution < -0.4 is 22.2 Å². The zero-order chi connectivity index (χ0) is 28.8. The minimum absolute atomic E-state index is 0.0320. The topological polar surface area (TPSA) is 151 Å². The summed E-state index contributed by atoms with van der Waals surface area (Å²) in [6, 6.07) is 15.4. The largest absolute Gasteiger partial charge is 0.392 e. The summed E-state index contributed by atoms with van der Waals surface area (Å²) in [6.45, 7) is 0. The third kappa shape index (κ3) is 6.06.